The summed E-state index contributed by atoms with van der Waals surface area (Å²) in [5, 5.41) is 0. The van der Waals surface area contributed by atoms with Crippen molar-refractivity contribution in [1.29, 1.82) is 0 Å². The van der Waals surface area contributed by atoms with Crippen molar-refractivity contribution in [2.45, 2.75) is 18.2 Å². The molecule has 0 aliphatic carbocycles. The van der Waals surface area contributed by atoms with E-state index in [9.17, 15) is 4.79 Å². The number of carbonyl (C=O) groups is 1. The maximum Gasteiger partial charge on any atom is 0.227 e. The van der Waals surface area contributed by atoms with Gasteiger partial charge in [0.2, 0.25) is 5.91 Å². The molecule has 1 aliphatic rings. The number of thioether (sulfide) groups is 1. The van der Waals surface area contributed by atoms with Gasteiger partial charge in [0.15, 0.2) is 0 Å². The topological polar surface area (TPSA) is 23.6 Å². The van der Waals surface area contributed by atoms with Gasteiger partial charge < -0.3 is 9.80 Å². The zero-order valence-electron chi connectivity index (χ0n) is 11.8. The summed E-state index contributed by atoms with van der Waals surface area (Å²) >= 11 is 1.71. The molecule has 1 fully saturated rings. The molecular formula is C15H22N2OS. The SMILES string of the molecule is CCN1CCN(C(=O)Cc2ccccc2SC)CC1. The number of rotatable bonds is 4. The Kier molecular flexibility index (Phi) is 5.28. The highest BCUT2D eigenvalue weighted by Crippen LogP contribution is 2.21. The summed E-state index contributed by atoms with van der Waals surface area (Å²) in [4.78, 5) is 17.9. The molecule has 0 spiro atoms. The van der Waals surface area contributed by atoms with Crippen molar-refractivity contribution < 1.29 is 4.79 Å². The molecule has 2 rings (SSSR count). The van der Waals surface area contributed by atoms with Crippen molar-refractivity contribution in [3.63, 3.8) is 0 Å². The first-order chi connectivity index (χ1) is 9.24. The molecule has 4 heteroatoms. The number of nitrogens with zero attached hydrogens (tertiary/aromatic N) is 2. The first-order valence-electron chi connectivity index (χ1n) is 6.86. The van der Waals surface area contributed by atoms with Crippen molar-refractivity contribution in [3.05, 3.63) is 29.8 Å². The maximum absolute atomic E-state index is 12.3. The van der Waals surface area contributed by atoms with Crippen molar-refractivity contribution in [1.82, 2.24) is 9.80 Å². The minimum Gasteiger partial charge on any atom is -0.340 e. The molecular weight excluding hydrogens is 256 g/mol. The summed E-state index contributed by atoms with van der Waals surface area (Å²) in [6.07, 6.45) is 2.59. The Labute approximate surface area is 120 Å². The Balaban J connectivity index is 1.94. The van der Waals surface area contributed by atoms with Gasteiger partial charge in [-0.05, 0) is 24.4 Å². The Morgan fingerprint density at radius 2 is 1.89 bits per heavy atom. The van der Waals surface area contributed by atoms with E-state index in [0.29, 0.717) is 6.42 Å². The molecule has 0 N–H and O–H groups in total. The van der Waals surface area contributed by atoms with Crippen molar-refractivity contribution in [2.75, 3.05) is 39.0 Å². The van der Waals surface area contributed by atoms with E-state index >= 15 is 0 Å². The number of amides is 1. The quantitative estimate of drug-likeness (QED) is 0.788. The molecule has 1 saturated heterocycles. The Hall–Kier alpha value is -1.00. The van der Waals surface area contributed by atoms with Gasteiger partial charge in [0.1, 0.15) is 0 Å². The number of likely N-dealkylation sites (N-methyl/N-ethyl adjacent to an activating group) is 1. The smallest absolute Gasteiger partial charge is 0.227 e. The van der Waals surface area contributed by atoms with Crippen LogP contribution in [0.1, 0.15) is 12.5 Å². The number of hydrogen-bond acceptors (Lipinski definition) is 3. The molecule has 1 aliphatic heterocycles. The van der Waals surface area contributed by atoms with Crippen LogP contribution in [0.3, 0.4) is 0 Å². The fourth-order valence-electron chi connectivity index (χ4n) is 2.44. The average Bonchev–Trinajstić information content (AvgIpc) is 2.48. The zero-order valence-corrected chi connectivity index (χ0v) is 12.6. The molecule has 1 aromatic carbocycles. The largest absolute Gasteiger partial charge is 0.340 e. The van der Waals surface area contributed by atoms with Crippen LogP contribution in [0.5, 0.6) is 0 Å². The summed E-state index contributed by atoms with van der Waals surface area (Å²) in [6, 6.07) is 8.19. The summed E-state index contributed by atoms with van der Waals surface area (Å²) in [6.45, 7) is 7.00. The fraction of sp³-hybridized carbons (Fsp3) is 0.533. The van der Waals surface area contributed by atoms with Gasteiger partial charge in [0.25, 0.3) is 0 Å². The van der Waals surface area contributed by atoms with Gasteiger partial charge in [-0.25, -0.2) is 0 Å². The predicted molar refractivity (Wildman–Crippen MR) is 80.6 cm³/mol. The lowest BCUT2D eigenvalue weighted by molar-refractivity contribution is -0.132. The normalized spacial score (nSPS) is 16.6. The first kappa shape index (κ1) is 14.4. The van der Waals surface area contributed by atoms with Crippen LogP contribution in [0.4, 0.5) is 0 Å². The van der Waals surface area contributed by atoms with E-state index < -0.39 is 0 Å². The van der Waals surface area contributed by atoms with Gasteiger partial charge in [-0.1, -0.05) is 25.1 Å². The van der Waals surface area contributed by atoms with E-state index in [2.05, 4.69) is 30.2 Å². The minimum absolute atomic E-state index is 0.261. The Bertz CT molecular complexity index is 428. The molecule has 3 nitrogen and oxygen atoms in total. The lowest BCUT2D eigenvalue weighted by Crippen LogP contribution is -2.48. The van der Waals surface area contributed by atoms with Crippen LogP contribution in [-0.4, -0.2) is 54.7 Å². The molecule has 0 bridgehead atoms. The van der Waals surface area contributed by atoms with Crippen LogP contribution >= 0.6 is 11.8 Å². The van der Waals surface area contributed by atoms with Gasteiger partial charge in [0.05, 0.1) is 6.42 Å². The van der Waals surface area contributed by atoms with E-state index in [1.165, 1.54) is 4.90 Å². The van der Waals surface area contributed by atoms with E-state index in [4.69, 9.17) is 0 Å². The lowest BCUT2D eigenvalue weighted by atomic mass is 10.1. The van der Waals surface area contributed by atoms with Crippen LogP contribution < -0.4 is 0 Å². The standard InChI is InChI=1S/C15H22N2OS/c1-3-16-8-10-17(11-9-16)15(18)12-13-6-4-5-7-14(13)19-2/h4-7H,3,8-12H2,1-2H3. The molecule has 19 heavy (non-hydrogen) atoms. The molecule has 1 aromatic rings. The second-order valence-electron chi connectivity index (χ2n) is 4.80. The third kappa shape index (κ3) is 3.74. The summed E-state index contributed by atoms with van der Waals surface area (Å²) in [5.41, 5.74) is 1.15. The lowest BCUT2D eigenvalue weighted by Gasteiger charge is -2.34. The maximum atomic E-state index is 12.3. The fourth-order valence-corrected chi connectivity index (χ4v) is 3.05. The molecule has 0 aromatic heterocycles. The van der Waals surface area contributed by atoms with E-state index in [0.717, 1.165) is 38.3 Å². The number of piperazine rings is 1. The Morgan fingerprint density at radius 1 is 1.21 bits per heavy atom. The summed E-state index contributed by atoms with van der Waals surface area (Å²) in [7, 11) is 0. The van der Waals surface area contributed by atoms with Crippen molar-refractivity contribution >= 4 is 17.7 Å². The second kappa shape index (κ2) is 6.96. The highest BCUT2D eigenvalue weighted by molar-refractivity contribution is 7.98. The molecule has 1 heterocycles. The number of carbonyl (C=O) groups excluding carboxylic acids is 1. The van der Waals surface area contributed by atoms with Gasteiger partial charge in [-0.2, -0.15) is 0 Å². The number of hydrogen-bond donors (Lipinski definition) is 0. The third-order valence-electron chi connectivity index (χ3n) is 3.71. The molecule has 0 unspecified atom stereocenters. The molecule has 104 valence electrons. The zero-order chi connectivity index (χ0) is 13.7. The van der Waals surface area contributed by atoms with E-state index in [1.54, 1.807) is 11.8 Å². The molecule has 0 radical (unpaired) electrons. The van der Waals surface area contributed by atoms with Gasteiger partial charge in [-0.3, -0.25) is 4.79 Å². The van der Waals surface area contributed by atoms with Crippen LogP contribution in [0.25, 0.3) is 0 Å². The third-order valence-corrected chi connectivity index (χ3v) is 4.54. The summed E-state index contributed by atoms with van der Waals surface area (Å²) in [5.74, 6) is 0.261. The first-order valence-corrected chi connectivity index (χ1v) is 8.09. The van der Waals surface area contributed by atoms with E-state index in [1.807, 2.05) is 17.0 Å². The average molecular weight is 278 g/mol. The summed E-state index contributed by atoms with van der Waals surface area (Å²) < 4.78 is 0. The van der Waals surface area contributed by atoms with E-state index in [-0.39, 0.29) is 5.91 Å². The van der Waals surface area contributed by atoms with Crippen LogP contribution in [0.15, 0.2) is 29.2 Å². The molecule has 0 saturated carbocycles. The van der Waals surface area contributed by atoms with Crippen molar-refractivity contribution in [2.24, 2.45) is 0 Å². The second-order valence-corrected chi connectivity index (χ2v) is 5.65. The van der Waals surface area contributed by atoms with Gasteiger partial charge in [-0.15, -0.1) is 11.8 Å². The van der Waals surface area contributed by atoms with Crippen molar-refractivity contribution in [3.8, 4) is 0 Å². The predicted octanol–water partition coefficient (Wildman–Crippen LogP) is 2.12. The van der Waals surface area contributed by atoms with Crippen LogP contribution in [0.2, 0.25) is 0 Å². The van der Waals surface area contributed by atoms with Gasteiger partial charge in [0, 0.05) is 31.1 Å². The molecule has 1 amide bonds. The highest BCUT2D eigenvalue weighted by Gasteiger charge is 2.20. The van der Waals surface area contributed by atoms with Crippen LogP contribution in [0, 0.1) is 0 Å². The molecule has 0 atom stereocenters. The van der Waals surface area contributed by atoms with Gasteiger partial charge >= 0.3 is 0 Å². The van der Waals surface area contributed by atoms with Crippen LogP contribution in [-0.2, 0) is 11.2 Å². The monoisotopic (exact) mass is 278 g/mol. The highest BCUT2D eigenvalue weighted by atomic mass is 32.2. The number of benzene rings is 1. The minimum atomic E-state index is 0.261. The Morgan fingerprint density at radius 3 is 2.53 bits per heavy atom.